The first-order valence-electron chi connectivity index (χ1n) is 6.66. The van der Waals surface area contributed by atoms with E-state index in [1.807, 2.05) is 18.2 Å². The number of halogens is 1. The zero-order valence-electron chi connectivity index (χ0n) is 10.7. The van der Waals surface area contributed by atoms with E-state index in [0.717, 1.165) is 29.4 Å². The fraction of sp³-hybridized carbons (Fsp3) is 0.533. The zero-order chi connectivity index (χ0) is 13.0. The summed E-state index contributed by atoms with van der Waals surface area (Å²) in [6.45, 7) is 2.22. The predicted molar refractivity (Wildman–Crippen MR) is 76.2 cm³/mol. The van der Waals surface area contributed by atoms with Crippen LogP contribution in [0.2, 0.25) is 0 Å². The summed E-state index contributed by atoms with van der Waals surface area (Å²) in [5.41, 5.74) is 0.629. The third kappa shape index (κ3) is 3.14. The van der Waals surface area contributed by atoms with Crippen LogP contribution in [0.3, 0.4) is 0 Å². The van der Waals surface area contributed by atoms with Crippen molar-refractivity contribution < 1.29 is 9.53 Å². The molecule has 2 rings (SSSR count). The van der Waals surface area contributed by atoms with Crippen LogP contribution in [0.5, 0.6) is 5.75 Å². The largest absolute Gasteiger partial charge is 0.489 e. The van der Waals surface area contributed by atoms with Gasteiger partial charge in [0.2, 0.25) is 0 Å². The van der Waals surface area contributed by atoms with Gasteiger partial charge in [0, 0.05) is 4.47 Å². The maximum Gasteiger partial charge on any atom is 0.153 e. The molecule has 0 heterocycles. The molecule has 1 aliphatic rings. The molecule has 0 bridgehead atoms. The lowest BCUT2D eigenvalue weighted by atomic mass is 9.84. The quantitative estimate of drug-likeness (QED) is 0.759. The molecule has 2 unspecified atom stereocenters. The van der Waals surface area contributed by atoms with Crippen LogP contribution in [0, 0.1) is 5.92 Å². The van der Waals surface area contributed by atoms with Gasteiger partial charge in [0.15, 0.2) is 6.29 Å². The Bertz CT molecular complexity index is 417. The first kappa shape index (κ1) is 13.6. The Labute approximate surface area is 117 Å². The van der Waals surface area contributed by atoms with Crippen LogP contribution in [-0.2, 0) is 0 Å². The number of rotatable bonds is 4. The van der Waals surface area contributed by atoms with Crippen LogP contribution >= 0.6 is 15.9 Å². The monoisotopic (exact) mass is 310 g/mol. The van der Waals surface area contributed by atoms with Crippen LogP contribution in [0.15, 0.2) is 22.7 Å². The van der Waals surface area contributed by atoms with E-state index in [9.17, 15) is 4.79 Å². The Kier molecular flexibility index (Phi) is 4.81. The molecule has 0 amide bonds. The predicted octanol–water partition coefficient (Wildman–Crippen LogP) is 4.61. The van der Waals surface area contributed by atoms with Crippen molar-refractivity contribution in [3.05, 3.63) is 28.2 Å². The Morgan fingerprint density at radius 1 is 1.39 bits per heavy atom. The highest BCUT2D eigenvalue weighted by atomic mass is 79.9. The van der Waals surface area contributed by atoms with Crippen molar-refractivity contribution >= 4 is 22.2 Å². The van der Waals surface area contributed by atoms with Gasteiger partial charge in [-0.1, -0.05) is 29.3 Å². The first-order chi connectivity index (χ1) is 8.74. The Balaban J connectivity index is 2.14. The molecule has 0 spiro atoms. The number of aldehydes is 1. The number of hydrogen-bond acceptors (Lipinski definition) is 2. The molecule has 1 saturated carbocycles. The number of ether oxygens (including phenoxy) is 1. The van der Waals surface area contributed by atoms with Gasteiger partial charge in [-0.05, 0) is 49.8 Å². The van der Waals surface area contributed by atoms with E-state index in [2.05, 4.69) is 22.9 Å². The van der Waals surface area contributed by atoms with Crippen LogP contribution in [0.25, 0.3) is 0 Å². The Morgan fingerprint density at radius 2 is 2.17 bits per heavy atom. The molecular weight excluding hydrogens is 292 g/mol. The topological polar surface area (TPSA) is 26.3 Å². The molecule has 98 valence electrons. The van der Waals surface area contributed by atoms with E-state index in [4.69, 9.17) is 4.74 Å². The van der Waals surface area contributed by atoms with Crippen molar-refractivity contribution in [3.63, 3.8) is 0 Å². The van der Waals surface area contributed by atoms with Gasteiger partial charge in [-0.25, -0.2) is 0 Å². The van der Waals surface area contributed by atoms with Gasteiger partial charge in [0.25, 0.3) is 0 Å². The molecule has 3 heteroatoms. The average molecular weight is 311 g/mol. The normalized spacial score (nSPS) is 23.7. The van der Waals surface area contributed by atoms with Crippen molar-refractivity contribution in [2.24, 2.45) is 5.92 Å². The summed E-state index contributed by atoms with van der Waals surface area (Å²) in [6.07, 6.45) is 7.17. The minimum atomic E-state index is 0.267. The van der Waals surface area contributed by atoms with Gasteiger partial charge in [-0.2, -0.15) is 0 Å². The number of carbonyl (C=O) groups excluding carboxylic acids is 1. The summed E-state index contributed by atoms with van der Waals surface area (Å²) in [4.78, 5) is 11.1. The molecule has 0 radical (unpaired) electrons. The molecule has 0 aromatic heterocycles. The van der Waals surface area contributed by atoms with E-state index in [1.54, 1.807) is 0 Å². The molecule has 18 heavy (non-hydrogen) atoms. The molecule has 1 aromatic carbocycles. The van der Waals surface area contributed by atoms with Gasteiger partial charge in [-0.3, -0.25) is 4.79 Å². The molecule has 1 aromatic rings. The van der Waals surface area contributed by atoms with Gasteiger partial charge in [-0.15, -0.1) is 0 Å². The molecule has 2 atom stereocenters. The molecular formula is C15H19BrO2. The standard InChI is InChI=1S/C15H19BrO2/c1-2-11-5-3-4-6-14(11)18-15-8-7-13(16)9-12(15)10-17/h7-11,14H,2-6H2,1H3. The second-order valence-electron chi connectivity index (χ2n) is 4.91. The van der Waals surface area contributed by atoms with Crippen molar-refractivity contribution in [3.8, 4) is 5.75 Å². The molecule has 1 fully saturated rings. The minimum Gasteiger partial charge on any atom is -0.489 e. The van der Waals surface area contributed by atoms with E-state index in [0.29, 0.717) is 11.5 Å². The molecule has 0 saturated heterocycles. The summed E-state index contributed by atoms with van der Waals surface area (Å²) in [7, 11) is 0. The minimum absolute atomic E-state index is 0.267. The van der Waals surface area contributed by atoms with E-state index >= 15 is 0 Å². The van der Waals surface area contributed by atoms with E-state index < -0.39 is 0 Å². The van der Waals surface area contributed by atoms with Crippen molar-refractivity contribution in [2.75, 3.05) is 0 Å². The fourth-order valence-corrected chi connectivity index (χ4v) is 3.06. The number of carbonyl (C=O) groups is 1. The van der Waals surface area contributed by atoms with Gasteiger partial charge in [0.05, 0.1) is 5.56 Å². The Hall–Kier alpha value is -0.830. The lowest BCUT2D eigenvalue weighted by Gasteiger charge is -2.31. The first-order valence-corrected chi connectivity index (χ1v) is 7.45. The summed E-state index contributed by atoms with van der Waals surface area (Å²) in [5, 5.41) is 0. The SMILES string of the molecule is CCC1CCCCC1Oc1ccc(Br)cc1C=O. The second kappa shape index (κ2) is 6.37. The maximum atomic E-state index is 11.1. The summed E-state index contributed by atoms with van der Waals surface area (Å²) in [5.74, 6) is 1.35. The van der Waals surface area contributed by atoms with Gasteiger partial charge in [0.1, 0.15) is 11.9 Å². The van der Waals surface area contributed by atoms with Crippen LogP contribution in [0.4, 0.5) is 0 Å². The maximum absolute atomic E-state index is 11.1. The lowest BCUT2D eigenvalue weighted by molar-refractivity contribution is 0.0883. The zero-order valence-corrected chi connectivity index (χ0v) is 12.3. The fourth-order valence-electron chi connectivity index (χ4n) is 2.68. The van der Waals surface area contributed by atoms with Gasteiger partial charge < -0.3 is 4.74 Å². The highest BCUT2D eigenvalue weighted by Crippen LogP contribution is 2.32. The number of hydrogen-bond donors (Lipinski definition) is 0. The summed E-state index contributed by atoms with van der Waals surface area (Å²) >= 11 is 3.37. The van der Waals surface area contributed by atoms with Crippen molar-refractivity contribution in [1.29, 1.82) is 0 Å². The molecule has 2 nitrogen and oxygen atoms in total. The third-order valence-corrected chi connectivity index (χ3v) is 4.23. The summed E-state index contributed by atoms with van der Waals surface area (Å²) < 4.78 is 6.99. The second-order valence-corrected chi connectivity index (χ2v) is 5.82. The number of benzene rings is 1. The molecule has 0 N–H and O–H groups in total. The molecule has 0 aliphatic heterocycles. The molecule has 1 aliphatic carbocycles. The van der Waals surface area contributed by atoms with Crippen LogP contribution < -0.4 is 4.74 Å². The third-order valence-electron chi connectivity index (χ3n) is 3.74. The van der Waals surface area contributed by atoms with E-state index in [-0.39, 0.29) is 6.10 Å². The highest BCUT2D eigenvalue weighted by Gasteiger charge is 2.25. The van der Waals surface area contributed by atoms with Crippen LogP contribution in [0.1, 0.15) is 49.4 Å². The van der Waals surface area contributed by atoms with Crippen LogP contribution in [-0.4, -0.2) is 12.4 Å². The van der Waals surface area contributed by atoms with Gasteiger partial charge >= 0.3 is 0 Å². The van der Waals surface area contributed by atoms with Crippen molar-refractivity contribution in [2.45, 2.75) is 45.1 Å². The van der Waals surface area contributed by atoms with E-state index in [1.165, 1.54) is 19.3 Å². The summed E-state index contributed by atoms with van der Waals surface area (Å²) in [6, 6.07) is 5.62. The van der Waals surface area contributed by atoms with Crippen molar-refractivity contribution in [1.82, 2.24) is 0 Å². The smallest absolute Gasteiger partial charge is 0.153 e. The highest BCUT2D eigenvalue weighted by molar-refractivity contribution is 9.10. The lowest BCUT2D eigenvalue weighted by Crippen LogP contribution is -2.30. The Morgan fingerprint density at radius 3 is 2.89 bits per heavy atom. The average Bonchev–Trinajstić information content (AvgIpc) is 2.41.